The van der Waals surface area contributed by atoms with Crippen molar-refractivity contribution in [2.24, 2.45) is 0 Å². The van der Waals surface area contributed by atoms with Crippen molar-refractivity contribution in [3.05, 3.63) is 52.8 Å². The molecule has 0 fully saturated rings. The van der Waals surface area contributed by atoms with Crippen LogP contribution in [0.5, 0.6) is 23.0 Å². The van der Waals surface area contributed by atoms with Gasteiger partial charge in [0.2, 0.25) is 5.78 Å². The minimum atomic E-state index is -0.217. The number of hydrogen-bond acceptors (Lipinski definition) is 6. The van der Waals surface area contributed by atoms with Crippen molar-refractivity contribution in [2.75, 3.05) is 20.8 Å². The van der Waals surface area contributed by atoms with E-state index in [1.165, 1.54) is 14.0 Å². The molecule has 0 amide bonds. The van der Waals surface area contributed by atoms with Gasteiger partial charge in [-0.05, 0) is 37.6 Å². The van der Waals surface area contributed by atoms with Crippen LogP contribution in [0, 0.1) is 6.92 Å². The zero-order valence-corrected chi connectivity index (χ0v) is 15.6. The van der Waals surface area contributed by atoms with Crippen molar-refractivity contribution in [3.63, 3.8) is 0 Å². The maximum Gasteiger partial charge on any atom is 0.232 e. The molecule has 0 saturated carbocycles. The maximum absolute atomic E-state index is 12.8. The Morgan fingerprint density at radius 3 is 2.63 bits per heavy atom. The van der Waals surface area contributed by atoms with Gasteiger partial charge in [0.1, 0.15) is 18.1 Å². The van der Waals surface area contributed by atoms with Crippen LogP contribution < -0.4 is 18.9 Å². The van der Waals surface area contributed by atoms with Crippen LogP contribution in [0.25, 0.3) is 6.08 Å². The summed E-state index contributed by atoms with van der Waals surface area (Å²) in [7, 11) is 3.09. The van der Waals surface area contributed by atoms with Gasteiger partial charge in [-0.15, -0.1) is 0 Å². The first-order chi connectivity index (χ1) is 12.9. The number of ketones is 2. The summed E-state index contributed by atoms with van der Waals surface area (Å²) in [5.74, 6) is 1.85. The van der Waals surface area contributed by atoms with E-state index in [1.54, 1.807) is 44.4 Å². The zero-order chi connectivity index (χ0) is 19.6. The molecule has 6 nitrogen and oxygen atoms in total. The Kier molecular flexibility index (Phi) is 5.16. The summed E-state index contributed by atoms with van der Waals surface area (Å²) < 4.78 is 21.9. The van der Waals surface area contributed by atoms with Gasteiger partial charge in [0.25, 0.3) is 0 Å². The largest absolute Gasteiger partial charge is 0.493 e. The molecule has 0 spiro atoms. The first-order valence-electron chi connectivity index (χ1n) is 8.36. The van der Waals surface area contributed by atoms with E-state index in [1.807, 2.05) is 6.07 Å². The molecular weight excluding hydrogens is 348 g/mol. The van der Waals surface area contributed by atoms with Crippen LogP contribution in [0.15, 0.2) is 36.1 Å². The molecule has 0 N–H and O–H groups in total. The molecule has 6 heteroatoms. The van der Waals surface area contributed by atoms with Gasteiger partial charge in [0, 0.05) is 11.6 Å². The Morgan fingerprint density at radius 2 is 1.96 bits per heavy atom. The molecule has 2 aromatic carbocycles. The maximum atomic E-state index is 12.8. The van der Waals surface area contributed by atoms with Gasteiger partial charge in [-0.1, -0.05) is 12.1 Å². The smallest absolute Gasteiger partial charge is 0.232 e. The Morgan fingerprint density at radius 1 is 1.19 bits per heavy atom. The number of carbonyl (C=O) groups is 2. The predicted molar refractivity (Wildman–Crippen MR) is 99.8 cm³/mol. The summed E-state index contributed by atoms with van der Waals surface area (Å²) >= 11 is 0. The van der Waals surface area contributed by atoms with Crippen LogP contribution in [0.4, 0.5) is 0 Å². The topological polar surface area (TPSA) is 71.1 Å². The highest BCUT2D eigenvalue weighted by atomic mass is 16.5. The average molecular weight is 368 g/mol. The number of ether oxygens (including phenoxy) is 4. The van der Waals surface area contributed by atoms with Gasteiger partial charge >= 0.3 is 0 Å². The highest BCUT2D eigenvalue weighted by Gasteiger charge is 2.30. The van der Waals surface area contributed by atoms with Crippen molar-refractivity contribution in [1.29, 1.82) is 0 Å². The number of rotatable bonds is 6. The monoisotopic (exact) mass is 368 g/mol. The summed E-state index contributed by atoms with van der Waals surface area (Å²) in [6.07, 6.45) is 1.62. The van der Waals surface area contributed by atoms with Gasteiger partial charge in [-0.25, -0.2) is 0 Å². The number of fused-ring (bicyclic) bond motifs is 1. The minimum Gasteiger partial charge on any atom is -0.493 e. The normalized spacial score (nSPS) is 13.9. The standard InChI is InChI=1S/C21H20O6/c1-12-8-15(26-11-13(2)22)10-17-19(12)20(23)18(27-17)9-14-6-5-7-16(24-3)21(14)25-4/h5-10H,11H2,1-4H3/b18-9-. The second-order valence-electron chi connectivity index (χ2n) is 6.13. The number of methoxy groups -OCH3 is 2. The summed E-state index contributed by atoms with van der Waals surface area (Å²) in [6, 6.07) is 8.72. The summed E-state index contributed by atoms with van der Waals surface area (Å²) in [5, 5.41) is 0. The van der Waals surface area contributed by atoms with Crippen LogP contribution in [-0.2, 0) is 4.79 Å². The lowest BCUT2D eigenvalue weighted by Crippen LogP contribution is -2.07. The molecule has 1 aliphatic heterocycles. The molecule has 2 aromatic rings. The number of hydrogen-bond donors (Lipinski definition) is 0. The molecule has 0 bridgehead atoms. The Labute approximate surface area is 157 Å². The molecule has 140 valence electrons. The molecule has 27 heavy (non-hydrogen) atoms. The third-order valence-electron chi connectivity index (χ3n) is 4.11. The summed E-state index contributed by atoms with van der Waals surface area (Å²) in [4.78, 5) is 23.9. The molecule has 0 radical (unpaired) electrons. The van der Waals surface area contributed by atoms with Crippen molar-refractivity contribution in [3.8, 4) is 23.0 Å². The van der Waals surface area contributed by atoms with E-state index in [0.29, 0.717) is 34.1 Å². The van der Waals surface area contributed by atoms with Gasteiger partial charge in [0.15, 0.2) is 23.0 Å². The SMILES string of the molecule is COc1cccc(/C=C2\Oc3cc(OCC(C)=O)cc(C)c3C2=O)c1OC. The fourth-order valence-corrected chi connectivity index (χ4v) is 2.91. The lowest BCUT2D eigenvalue weighted by molar-refractivity contribution is -0.118. The molecular formula is C21H20O6. The fourth-order valence-electron chi connectivity index (χ4n) is 2.91. The molecule has 0 aliphatic carbocycles. The summed E-state index contributed by atoms with van der Waals surface area (Å²) in [6.45, 7) is 3.22. The van der Waals surface area contributed by atoms with Crippen LogP contribution in [0.1, 0.15) is 28.4 Å². The van der Waals surface area contributed by atoms with Crippen LogP contribution in [0.2, 0.25) is 0 Å². The van der Waals surface area contributed by atoms with Crippen molar-refractivity contribution < 1.29 is 28.5 Å². The van der Waals surface area contributed by atoms with Crippen LogP contribution >= 0.6 is 0 Å². The molecule has 0 aromatic heterocycles. The summed E-state index contributed by atoms with van der Waals surface area (Å²) in [5.41, 5.74) is 1.87. The number of carbonyl (C=O) groups excluding carboxylic acids is 2. The minimum absolute atomic E-state index is 0.0319. The van der Waals surface area contributed by atoms with Gasteiger partial charge < -0.3 is 18.9 Å². The second-order valence-corrected chi connectivity index (χ2v) is 6.13. The van der Waals surface area contributed by atoms with E-state index in [4.69, 9.17) is 18.9 Å². The van der Waals surface area contributed by atoms with E-state index in [0.717, 1.165) is 5.56 Å². The van der Waals surface area contributed by atoms with E-state index in [2.05, 4.69) is 0 Å². The Bertz CT molecular complexity index is 942. The quantitative estimate of drug-likeness (QED) is 0.726. The number of para-hydroxylation sites is 1. The lowest BCUT2D eigenvalue weighted by Gasteiger charge is -2.10. The van der Waals surface area contributed by atoms with E-state index >= 15 is 0 Å². The first-order valence-corrected chi connectivity index (χ1v) is 8.36. The van der Waals surface area contributed by atoms with Gasteiger partial charge in [-0.2, -0.15) is 0 Å². The van der Waals surface area contributed by atoms with Crippen molar-refractivity contribution >= 4 is 17.6 Å². The van der Waals surface area contributed by atoms with E-state index in [-0.39, 0.29) is 23.9 Å². The molecule has 0 unspecified atom stereocenters. The van der Waals surface area contributed by atoms with Crippen LogP contribution in [0.3, 0.4) is 0 Å². The molecule has 3 rings (SSSR count). The molecule has 1 heterocycles. The molecule has 1 aliphatic rings. The van der Waals surface area contributed by atoms with Gasteiger partial charge in [-0.3, -0.25) is 9.59 Å². The highest BCUT2D eigenvalue weighted by molar-refractivity contribution is 6.15. The molecule has 0 saturated heterocycles. The first kappa shape index (κ1) is 18.5. The number of allylic oxidation sites excluding steroid dienone is 1. The average Bonchev–Trinajstić information content (AvgIpc) is 2.95. The third-order valence-corrected chi connectivity index (χ3v) is 4.11. The van der Waals surface area contributed by atoms with E-state index in [9.17, 15) is 9.59 Å². The van der Waals surface area contributed by atoms with Crippen molar-refractivity contribution in [1.82, 2.24) is 0 Å². The fraction of sp³-hybridized carbons (Fsp3) is 0.238. The number of Topliss-reactive ketones (excluding diaryl/α,β-unsaturated/α-hetero) is 2. The van der Waals surface area contributed by atoms with Gasteiger partial charge in [0.05, 0.1) is 19.8 Å². The highest BCUT2D eigenvalue weighted by Crippen LogP contribution is 2.39. The Hall–Kier alpha value is -3.28. The number of benzene rings is 2. The van der Waals surface area contributed by atoms with Crippen molar-refractivity contribution in [2.45, 2.75) is 13.8 Å². The third kappa shape index (κ3) is 3.65. The predicted octanol–water partition coefficient (Wildman–Crippen LogP) is 3.60. The zero-order valence-electron chi connectivity index (χ0n) is 15.6. The lowest BCUT2D eigenvalue weighted by atomic mass is 10.0. The second kappa shape index (κ2) is 7.53. The van der Waals surface area contributed by atoms with Crippen LogP contribution in [-0.4, -0.2) is 32.4 Å². The number of aryl methyl sites for hydroxylation is 1. The van der Waals surface area contributed by atoms with E-state index < -0.39 is 0 Å². The molecule has 0 atom stereocenters. The Balaban J connectivity index is 1.96.